The summed E-state index contributed by atoms with van der Waals surface area (Å²) in [5.74, 6) is 1.46. The van der Waals surface area contributed by atoms with Crippen molar-refractivity contribution in [1.82, 2.24) is 14.5 Å². The van der Waals surface area contributed by atoms with Crippen LogP contribution < -0.4 is 10.9 Å². The zero-order valence-corrected chi connectivity index (χ0v) is 14.1. The quantitative estimate of drug-likeness (QED) is 0.831. The van der Waals surface area contributed by atoms with Crippen molar-refractivity contribution >= 4 is 11.9 Å². The number of hydrogen-bond acceptors (Lipinski definition) is 6. The summed E-state index contributed by atoms with van der Waals surface area (Å²) < 4.78 is 1.56. The molecule has 7 nitrogen and oxygen atoms in total. The van der Waals surface area contributed by atoms with E-state index >= 15 is 0 Å². The zero-order valence-electron chi connectivity index (χ0n) is 14.1. The molecule has 1 saturated heterocycles. The first-order chi connectivity index (χ1) is 12.1. The fraction of sp³-hybridized carbons (Fsp3) is 0.389. The Bertz CT molecular complexity index is 866. The molecule has 1 aromatic heterocycles. The average molecular weight is 339 g/mol. The van der Waals surface area contributed by atoms with Crippen LogP contribution in [0, 0.1) is 6.92 Å². The maximum atomic E-state index is 12.6. The van der Waals surface area contributed by atoms with Crippen molar-refractivity contribution in [3.63, 3.8) is 0 Å². The Balaban J connectivity index is 1.82. The fourth-order valence-electron chi connectivity index (χ4n) is 3.37. The van der Waals surface area contributed by atoms with Crippen LogP contribution in [0.4, 0.5) is 5.95 Å². The van der Waals surface area contributed by atoms with E-state index in [0.717, 1.165) is 37.5 Å². The molecule has 7 heteroatoms. The molecule has 2 N–H and O–H groups in total. The number of benzene rings is 1. The Morgan fingerprint density at radius 3 is 2.60 bits per heavy atom. The van der Waals surface area contributed by atoms with Crippen LogP contribution in [0.3, 0.4) is 0 Å². The second kappa shape index (κ2) is 6.23. The van der Waals surface area contributed by atoms with Gasteiger partial charge in [-0.1, -0.05) is 12.1 Å². The minimum atomic E-state index is -0.491. The van der Waals surface area contributed by atoms with Crippen molar-refractivity contribution in [3.05, 3.63) is 51.9 Å². The Labute approximate surface area is 145 Å². The van der Waals surface area contributed by atoms with Crippen LogP contribution in [-0.4, -0.2) is 38.6 Å². The number of phenolic OH excluding ortho intramolecular Hbond substituents is 1. The third kappa shape index (κ3) is 2.97. The molecule has 2 aliphatic rings. The van der Waals surface area contributed by atoms with Crippen LogP contribution >= 0.6 is 0 Å². The molecule has 0 bridgehead atoms. The Morgan fingerprint density at radius 1 is 1.16 bits per heavy atom. The number of aliphatic imine (C=N–C) groups is 1. The lowest BCUT2D eigenvalue weighted by molar-refractivity contribution is 0.335. The predicted octanol–water partition coefficient (Wildman–Crippen LogP) is 2.07. The number of rotatable bonds is 1. The van der Waals surface area contributed by atoms with Crippen LogP contribution in [0.5, 0.6) is 5.75 Å². The lowest BCUT2D eigenvalue weighted by Crippen LogP contribution is -2.45. The first-order valence-corrected chi connectivity index (χ1v) is 8.61. The second-order valence-electron chi connectivity index (χ2n) is 6.52. The lowest BCUT2D eigenvalue weighted by Gasteiger charge is -2.34. The maximum Gasteiger partial charge on any atom is 0.257 e. The molecule has 0 saturated carbocycles. The largest absolute Gasteiger partial charge is 0.508 e. The number of fused-ring (bicyclic) bond motifs is 1. The average Bonchev–Trinajstić information content (AvgIpc) is 2.62. The SMILES string of the molecule is Cc1cc(=O)n2c(n1)NC(N1CCCCC1)=N[C@H]2c1ccc(O)cc1. The second-order valence-corrected chi connectivity index (χ2v) is 6.52. The molecule has 3 heterocycles. The number of aromatic hydroxyl groups is 1. The molecule has 1 atom stereocenters. The number of hydrogen-bond donors (Lipinski definition) is 2. The molecule has 0 unspecified atom stereocenters. The van der Waals surface area contributed by atoms with Gasteiger partial charge in [0.25, 0.3) is 5.56 Å². The first kappa shape index (κ1) is 15.7. The van der Waals surface area contributed by atoms with Gasteiger partial charge in [-0.3, -0.25) is 14.7 Å². The van der Waals surface area contributed by atoms with E-state index in [9.17, 15) is 9.90 Å². The molecule has 0 amide bonds. The lowest BCUT2D eigenvalue weighted by atomic mass is 10.1. The molecule has 2 aromatic rings. The summed E-state index contributed by atoms with van der Waals surface area (Å²) in [4.78, 5) is 24.1. The van der Waals surface area contributed by atoms with Crippen molar-refractivity contribution in [1.29, 1.82) is 0 Å². The van der Waals surface area contributed by atoms with Gasteiger partial charge in [-0.05, 0) is 43.9 Å². The first-order valence-electron chi connectivity index (χ1n) is 8.61. The molecule has 0 radical (unpaired) electrons. The molecule has 0 aliphatic carbocycles. The number of likely N-dealkylation sites (tertiary alicyclic amines) is 1. The highest BCUT2D eigenvalue weighted by Gasteiger charge is 2.27. The van der Waals surface area contributed by atoms with Gasteiger partial charge < -0.3 is 10.0 Å². The van der Waals surface area contributed by atoms with Crippen LogP contribution in [0.2, 0.25) is 0 Å². The zero-order chi connectivity index (χ0) is 17.4. The van der Waals surface area contributed by atoms with Gasteiger partial charge in [-0.2, -0.15) is 0 Å². The Morgan fingerprint density at radius 2 is 1.88 bits per heavy atom. The standard InChI is InChI=1S/C18H21N5O2/c1-12-11-15(25)23-16(13-5-7-14(24)8-6-13)20-17(21-18(23)19-12)22-9-3-2-4-10-22/h5-8,11,16,24H,2-4,9-10H2,1H3,(H,19,20,21)/t16-/m1/s1. The van der Waals surface area contributed by atoms with Crippen LogP contribution in [0.15, 0.2) is 40.1 Å². The van der Waals surface area contributed by atoms with E-state index in [4.69, 9.17) is 4.99 Å². The molecule has 130 valence electrons. The number of nitrogens with one attached hydrogen (secondary N) is 1. The van der Waals surface area contributed by atoms with E-state index in [1.165, 1.54) is 12.5 Å². The third-order valence-corrected chi connectivity index (χ3v) is 4.64. The summed E-state index contributed by atoms with van der Waals surface area (Å²) >= 11 is 0. The van der Waals surface area contributed by atoms with Crippen molar-refractivity contribution in [2.24, 2.45) is 4.99 Å². The summed E-state index contributed by atoms with van der Waals surface area (Å²) in [6.45, 7) is 3.71. The smallest absolute Gasteiger partial charge is 0.257 e. The monoisotopic (exact) mass is 339 g/mol. The third-order valence-electron chi connectivity index (χ3n) is 4.64. The molecule has 1 aromatic carbocycles. The van der Waals surface area contributed by atoms with Gasteiger partial charge in [-0.25, -0.2) is 9.98 Å². The summed E-state index contributed by atoms with van der Waals surface area (Å²) in [5, 5.41) is 12.8. The topological polar surface area (TPSA) is 82.8 Å². The van der Waals surface area contributed by atoms with Crippen molar-refractivity contribution in [3.8, 4) is 5.75 Å². The van der Waals surface area contributed by atoms with Crippen molar-refractivity contribution < 1.29 is 5.11 Å². The number of nitrogens with zero attached hydrogens (tertiary/aromatic N) is 4. The van der Waals surface area contributed by atoms with Gasteiger partial charge >= 0.3 is 0 Å². The number of guanidine groups is 1. The van der Waals surface area contributed by atoms with E-state index in [2.05, 4.69) is 15.2 Å². The molecule has 25 heavy (non-hydrogen) atoms. The van der Waals surface area contributed by atoms with E-state index in [-0.39, 0.29) is 11.3 Å². The van der Waals surface area contributed by atoms with Crippen LogP contribution in [0.1, 0.15) is 36.7 Å². The Kier molecular flexibility index (Phi) is 3.91. The van der Waals surface area contributed by atoms with Crippen LogP contribution in [0.25, 0.3) is 0 Å². The van der Waals surface area contributed by atoms with Crippen LogP contribution in [-0.2, 0) is 0 Å². The van der Waals surface area contributed by atoms with Gasteiger partial charge in [0.05, 0.1) is 0 Å². The van der Waals surface area contributed by atoms with E-state index in [1.807, 2.05) is 6.92 Å². The number of aromatic nitrogens is 2. The predicted molar refractivity (Wildman–Crippen MR) is 96.0 cm³/mol. The normalized spacial score (nSPS) is 19.8. The summed E-state index contributed by atoms with van der Waals surface area (Å²) in [6.07, 6.45) is 3.02. The molecular formula is C18H21N5O2. The number of phenols is 1. The summed E-state index contributed by atoms with van der Waals surface area (Å²) in [7, 11) is 0. The number of piperidine rings is 1. The molecule has 0 spiro atoms. The van der Waals surface area contributed by atoms with E-state index in [1.54, 1.807) is 28.8 Å². The van der Waals surface area contributed by atoms with Gasteiger partial charge in [-0.15, -0.1) is 0 Å². The number of anilines is 1. The summed E-state index contributed by atoms with van der Waals surface area (Å²) in [6, 6.07) is 8.32. The molecule has 2 aliphatic heterocycles. The summed E-state index contributed by atoms with van der Waals surface area (Å²) in [5.41, 5.74) is 1.37. The van der Waals surface area contributed by atoms with Crippen molar-refractivity contribution in [2.75, 3.05) is 18.4 Å². The minimum absolute atomic E-state index is 0.144. The number of aryl methyl sites for hydroxylation is 1. The van der Waals surface area contributed by atoms with Gasteiger partial charge in [0.2, 0.25) is 11.9 Å². The molecular weight excluding hydrogens is 318 g/mol. The Hall–Kier alpha value is -2.83. The molecule has 4 rings (SSSR count). The highest BCUT2D eigenvalue weighted by Crippen LogP contribution is 2.27. The van der Waals surface area contributed by atoms with Gasteiger partial charge in [0.1, 0.15) is 5.75 Å². The minimum Gasteiger partial charge on any atom is -0.508 e. The van der Waals surface area contributed by atoms with E-state index in [0.29, 0.717) is 11.6 Å². The molecule has 1 fully saturated rings. The van der Waals surface area contributed by atoms with E-state index < -0.39 is 6.17 Å². The van der Waals surface area contributed by atoms with Crippen molar-refractivity contribution in [2.45, 2.75) is 32.4 Å². The maximum absolute atomic E-state index is 12.6. The highest BCUT2D eigenvalue weighted by atomic mass is 16.3. The van der Waals surface area contributed by atoms with Gasteiger partial charge in [0, 0.05) is 24.8 Å². The van der Waals surface area contributed by atoms with Gasteiger partial charge in [0.15, 0.2) is 6.17 Å². The fourth-order valence-corrected chi connectivity index (χ4v) is 3.37. The highest BCUT2D eigenvalue weighted by molar-refractivity contribution is 5.93.